The minimum Gasteiger partial charge on any atom is -0.457 e. The standard InChI is InChI=1S/C8H12O6/c1-2-12-8-5-13-6(9)3-11-4-7(10)14-8/h8H,2-5H2,1H3. The Morgan fingerprint density at radius 1 is 1.36 bits per heavy atom. The average molecular weight is 204 g/mol. The van der Waals surface area contributed by atoms with Gasteiger partial charge in [-0.25, -0.2) is 9.59 Å². The van der Waals surface area contributed by atoms with Crippen LogP contribution < -0.4 is 0 Å². The van der Waals surface area contributed by atoms with Crippen molar-refractivity contribution >= 4 is 11.9 Å². The van der Waals surface area contributed by atoms with Crippen molar-refractivity contribution < 1.29 is 28.5 Å². The third-order valence-electron chi connectivity index (χ3n) is 1.44. The molecule has 0 saturated carbocycles. The predicted molar refractivity (Wildman–Crippen MR) is 43.3 cm³/mol. The molecule has 1 saturated heterocycles. The smallest absolute Gasteiger partial charge is 0.334 e. The molecule has 0 bridgehead atoms. The van der Waals surface area contributed by atoms with E-state index in [2.05, 4.69) is 0 Å². The first-order valence-electron chi connectivity index (χ1n) is 4.27. The number of carbonyl (C=O) groups is 2. The van der Waals surface area contributed by atoms with E-state index in [0.717, 1.165) is 0 Å². The lowest BCUT2D eigenvalue weighted by molar-refractivity contribution is -0.190. The molecule has 1 fully saturated rings. The summed E-state index contributed by atoms with van der Waals surface area (Å²) in [7, 11) is 0. The summed E-state index contributed by atoms with van der Waals surface area (Å²) in [5.74, 6) is -1.10. The second-order valence-corrected chi connectivity index (χ2v) is 2.55. The van der Waals surface area contributed by atoms with Crippen LogP contribution in [0.4, 0.5) is 0 Å². The van der Waals surface area contributed by atoms with Gasteiger partial charge in [-0.05, 0) is 6.92 Å². The highest BCUT2D eigenvalue weighted by Gasteiger charge is 2.19. The number of hydrogen-bond donors (Lipinski definition) is 0. The second kappa shape index (κ2) is 5.56. The Bertz CT molecular complexity index is 214. The summed E-state index contributed by atoms with van der Waals surface area (Å²) in [6.07, 6.45) is -0.835. The fourth-order valence-electron chi connectivity index (χ4n) is 0.903. The molecule has 1 heterocycles. The van der Waals surface area contributed by atoms with Gasteiger partial charge in [0.25, 0.3) is 0 Å². The zero-order valence-electron chi connectivity index (χ0n) is 7.86. The van der Waals surface area contributed by atoms with Crippen LogP contribution in [-0.2, 0) is 28.5 Å². The minimum atomic E-state index is -0.835. The molecule has 0 aromatic carbocycles. The first-order valence-corrected chi connectivity index (χ1v) is 4.27. The van der Waals surface area contributed by atoms with Crippen molar-refractivity contribution in [3.8, 4) is 0 Å². The molecule has 0 aliphatic carbocycles. The highest BCUT2D eigenvalue weighted by Crippen LogP contribution is 2.00. The molecule has 80 valence electrons. The summed E-state index contributed by atoms with van der Waals surface area (Å²) in [5.41, 5.74) is 0. The van der Waals surface area contributed by atoms with Gasteiger partial charge in [0.2, 0.25) is 6.29 Å². The van der Waals surface area contributed by atoms with E-state index in [1.54, 1.807) is 6.92 Å². The minimum absolute atomic E-state index is 0.0955. The van der Waals surface area contributed by atoms with E-state index in [0.29, 0.717) is 6.61 Å². The maximum atomic E-state index is 11.0. The number of cyclic esters (lactones) is 2. The van der Waals surface area contributed by atoms with E-state index in [4.69, 9.17) is 18.9 Å². The zero-order valence-corrected chi connectivity index (χ0v) is 7.86. The molecule has 0 amide bonds. The fraction of sp³-hybridized carbons (Fsp3) is 0.750. The molecule has 1 atom stereocenters. The topological polar surface area (TPSA) is 71.1 Å². The SMILES string of the molecule is CCOC1COC(=O)COCC(=O)O1. The molecular weight excluding hydrogens is 192 g/mol. The van der Waals surface area contributed by atoms with Crippen LogP contribution in [0.1, 0.15) is 6.92 Å². The van der Waals surface area contributed by atoms with E-state index < -0.39 is 18.2 Å². The molecule has 1 aliphatic heterocycles. The van der Waals surface area contributed by atoms with Gasteiger partial charge < -0.3 is 18.9 Å². The highest BCUT2D eigenvalue weighted by molar-refractivity contribution is 5.73. The first kappa shape index (κ1) is 10.9. The normalized spacial score (nSPS) is 24.2. The Kier molecular flexibility index (Phi) is 4.34. The van der Waals surface area contributed by atoms with E-state index in [1.807, 2.05) is 0 Å². The number of esters is 2. The maximum Gasteiger partial charge on any atom is 0.334 e. The first-order chi connectivity index (χ1) is 6.72. The van der Waals surface area contributed by atoms with E-state index in [9.17, 15) is 9.59 Å². The third-order valence-corrected chi connectivity index (χ3v) is 1.44. The number of ether oxygens (including phenoxy) is 4. The summed E-state index contributed by atoms with van der Waals surface area (Å²) >= 11 is 0. The quantitative estimate of drug-likeness (QED) is 0.563. The van der Waals surface area contributed by atoms with Gasteiger partial charge in [-0.15, -0.1) is 0 Å². The van der Waals surface area contributed by atoms with Crippen LogP contribution in [0, 0.1) is 0 Å². The molecule has 6 heteroatoms. The lowest BCUT2D eigenvalue weighted by atomic mass is 10.6. The summed E-state index contributed by atoms with van der Waals surface area (Å²) in [6.45, 7) is 1.52. The van der Waals surface area contributed by atoms with Crippen molar-refractivity contribution in [2.24, 2.45) is 0 Å². The number of carbonyl (C=O) groups excluding carboxylic acids is 2. The van der Waals surface area contributed by atoms with Crippen molar-refractivity contribution in [2.45, 2.75) is 13.2 Å². The van der Waals surface area contributed by atoms with Crippen LogP contribution in [0.25, 0.3) is 0 Å². The van der Waals surface area contributed by atoms with Gasteiger partial charge in [0.1, 0.15) is 13.2 Å². The van der Waals surface area contributed by atoms with E-state index >= 15 is 0 Å². The van der Waals surface area contributed by atoms with Crippen molar-refractivity contribution in [2.75, 3.05) is 26.4 Å². The third kappa shape index (κ3) is 3.71. The Morgan fingerprint density at radius 2 is 2.07 bits per heavy atom. The molecule has 1 aliphatic rings. The van der Waals surface area contributed by atoms with Crippen LogP contribution in [0.5, 0.6) is 0 Å². The maximum absolute atomic E-state index is 11.0. The molecule has 0 aromatic rings. The van der Waals surface area contributed by atoms with Crippen molar-refractivity contribution in [3.05, 3.63) is 0 Å². The van der Waals surface area contributed by atoms with Crippen molar-refractivity contribution in [3.63, 3.8) is 0 Å². The fourth-order valence-corrected chi connectivity index (χ4v) is 0.903. The molecule has 1 rings (SSSR count). The molecule has 0 aromatic heterocycles. The summed E-state index contributed by atoms with van der Waals surface area (Å²) in [6, 6.07) is 0. The van der Waals surface area contributed by atoms with Gasteiger partial charge in [-0.3, -0.25) is 0 Å². The summed E-state index contributed by atoms with van der Waals surface area (Å²) in [4.78, 5) is 21.9. The van der Waals surface area contributed by atoms with E-state index in [1.165, 1.54) is 0 Å². The van der Waals surface area contributed by atoms with Crippen molar-refractivity contribution in [1.29, 1.82) is 0 Å². The molecular formula is C8H12O6. The highest BCUT2D eigenvalue weighted by atomic mass is 16.7. The summed E-state index contributed by atoms with van der Waals surface area (Å²) in [5, 5.41) is 0. The van der Waals surface area contributed by atoms with E-state index in [-0.39, 0.29) is 19.8 Å². The largest absolute Gasteiger partial charge is 0.457 e. The van der Waals surface area contributed by atoms with Gasteiger partial charge in [0.05, 0.1) is 0 Å². The van der Waals surface area contributed by atoms with Gasteiger partial charge in [0, 0.05) is 6.61 Å². The van der Waals surface area contributed by atoms with Crippen LogP contribution >= 0.6 is 0 Å². The van der Waals surface area contributed by atoms with Crippen LogP contribution in [0.15, 0.2) is 0 Å². The van der Waals surface area contributed by atoms with Gasteiger partial charge in [-0.1, -0.05) is 0 Å². The number of rotatable bonds is 2. The number of hydrogen-bond acceptors (Lipinski definition) is 6. The lowest BCUT2D eigenvalue weighted by Crippen LogP contribution is -2.27. The Labute approximate surface area is 81.1 Å². The molecule has 0 radical (unpaired) electrons. The van der Waals surface area contributed by atoms with Crippen LogP contribution in [0.3, 0.4) is 0 Å². The average Bonchev–Trinajstić information content (AvgIpc) is 2.20. The molecule has 14 heavy (non-hydrogen) atoms. The molecule has 6 nitrogen and oxygen atoms in total. The monoisotopic (exact) mass is 204 g/mol. The zero-order chi connectivity index (χ0) is 10.4. The van der Waals surface area contributed by atoms with Crippen LogP contribution in [-0.4, -0.2) is 44.7 Å². The van der Waals surface area contributed by atoms with Gasteiger partial charge in [-0.2, -0.15) is 0 Å². The Balaban J connectivity index is 2.48. The van der Waals surface area contributed by atoms with Crippen LogP contribution in [0.2, 0.25) is 0 Å². The van der Waals surface area contributed by atoms with Gasteiger partial charge >= 0.3 is 11.9 Å². The molecule has 0 spiro atoms. The summed E-state index contributed by atoms with van der Waals surface area (Å²) < 4.78 is 19.2. The Hall–Kier alpha value is -1.14. The Morgan fingerprint density at radius 3 is 2.79 bits per heavy atom. The second-order valence-electron chi connectivity index (χ2n) is 2.55. The predicted octanol–water partition coefficient (Wildman–Crippen LogP) is -0.534. The molecule has 0 N–H and O–H groups in total. The van der Waals surface area contributed by atoms with Crippen molar-refractivity contribution in [1.82, 2.24) is 0 Å². The lowest BCUT2D eigenvalue weighted by Gasteiger charge is -2.15. The molecule has 1 unspecified atom stereocenters. The van der Waals surface area contributed by atoms with Gasteiger partial charge in [0.15, 0.2) is 6.61 Å².